The van der Waals surface area contributed by atoms with E-state index >= 15 is 0 Å². The zero-order valence-corrected chi connectivity index (χ0v) is 21.9. The summed E-state index contributed by atoms with van der Waals surface area (Å²) < 4.78 is 0. The van der Waals surface area contributed by atoms with Gasteiger partial charge in [0.25, 0.3) is 11.8 Å². The molecule has 1 aliphatic heterocycles. The van der Waals surface area contributed by atoms with Crippen LogP contribution in [0.1, 0.15) is 41.0 Å². The van der Waals surface area contributed by atoms with E-state index in [1.807, 2.05) is 6.92 Å². The van der Waals surface area contributed by atoms with Crippen LogP contribution in [0.15, 0.2) is 24.3 Å². The van der Waals surface area contributed by atoms with Gasteiger partial charge in [0.15, 0.2) is 6.29 Å². The number of aliphatic hydroxyl groups is 2. The second-order valence-electron chi connectivity index (χ2n) is 4.82. The molecule has 2 amide bonds. The Kier molecular flexibility index (Phi) is 38.5. The third kappa shape index (κ3) is 9.35. The van der Waals surface area contributed by atoms with Gasteiger partial charge < -0.3 is 62.2 Å². The Balaban J connectivity index is -0.0000000741. The van der Waals surface area contributed by atoms with Gasteiger partial charge in [0.2, 0.25) is 0 Å². The number of hydrogen-bond acceptors (Lipinski definition) is 4. The van der Waals surface area contributed by atoms with Crippen molar-refractivity contribution in [3.8, 4) is 0 Å². The molecule has 7 heteroatoms. The van der Waals surface area contributed by atoms with Crippen LogP contribution in [0.25, 0.3) is 0 Å². The summed E-state index contributed by atoms with van der Waals surface area (Å²) >= 11 is 0. The molecule has 1 aromatic carbocycles. The van der Waals surface area contributed by atoms with E-state index < -0.39 is 24.1 Å². The number of fused-ring (bicyclic) bond motifs is 1. The number of benzene rings is 1. The first-order chi connectivity index (χ1) is 8.99. The summed E-state index contributed by atoms with van der Waals surface area (Å²) in [7, 11) is 0. The van der Waals surface area contributed by atoms with Crippen LogP contribution in [0, 0.1) is 57.9 Å². The molecule has 0 saturated heterocycles. The third-order valence-corrected chi connectivity index (χ3v) is 3.66. The Bertz CT molecular complexity index is 490. The van der Waals surface area contributed by atoms with Crippen LogP contribution < -0.4 is 0 Å². The van der Waals surface area contributed by atoms with Crippen molar-refractivity contribution in [3.05, 3.63) is 87.4 Å². The van der Waals surface area contributed by atoms with Crippen molar-refractivity contribution in [1.82, 2.24) is 4.90 Å². The summed E-state index contributed by atoms with van der Waals surface area (Å²) in [5.41, 5.74) is 0.642. The van der Waals surface area contributed by atoms with E-state index in [0.717, 1.165) is 4.90 Å². The summed E-state index contributed by atoms with van der Waals surface area (Å²) in [5.74, 6) is -1.11. The molecular weight excluding hydrogens is 536 g/mol. The van der Waals surface area contributed by atoms with E-state index in [0.29, 0.717) is 17.5 Å². The molecule has 0 bridgehead atoms. The van der Waals surface area contributed by atoms with E-state index in [2.05, 4.69) is 0 Å². The van der Waals surface area contributed by atoms with Crippen molar-refractivity contribution in [2.45, 2.75) is 32.6 Å². The molecule has 1 heterocycles. The number of rotatable bonds is 4. The molecule has 1 radical (unpaired) electrons. The van der Waals surface area contributed by atoms with Crippen LogP contribution in [0.4, 0.5) is 0 Å². The van der Waals surface area contributed by atoms with E-state index in [1.165, 1.54) is 0 Å². The van der Waals surface area contributed by atoms with Crippen LogP contribution in [0.2, 0.25) is 0 Å². The van der Waals surface area contributed by atoms with Crippen LogP contribution in [-0.2, 0) is 39.0 Å². The molecule has 28 heavy (non-hydrogen) atoms. The molecule has 1 aliphatic rings. The van der Waals surface area contributed by atoms with Crippen molar-refractivity contribution in [2.75, 3.05) is 0 Å². The maximum absolute atomic E-state index is 12.3. The van der Waals surface area contributed by atoms with Gasteiger partial charge in [-0.3, -0.25) is 14.5 Å². The van der Waals surface area contributed by atoms with Gasteiger partial charge in [0, 0.05) is 19.5 Å². The first-order valence-electron chi connectivity index (χ1n) is 6.32. The molecule has 173 valence electrons. The molecular formula is C21H38NO4Rh2-4. The van der Waals surface area contributed by atoms with Crippen LogP contribution in [-0.4, -0.2) is 39.3 Å². The topological polar surface area (TPSA) is 77.8 Å². The van der Waals surface area contributed by atoms with E-state index in [-0.39, 0.29) is 96.9 Å². The quantitative estimate of drug-likeness (QED) is 0.245. The maximum atomic E-state index is 12.3. The minimum Gasteiger partial charge on any atom is -0.366 e. The molecule has 0 aliphatic carbocycles. The number of amides is 2. The largest absolute Gasteiger partial charge is 3.00 e. The Morgan fingerprint density at radius 2 is 1.18 bits per heavy atom. The van der Waals surface area contributed by atoms with Gasteiger partial charge in [-0.25, -0.2) is 0 Å². The summed E-state index contributed by atoms with van der Waals surface area (Å²) in [6.45, 7) is 3.66. The Morgan fingerprint density at radius 3 is 1.43 bits per heavy atom. The van der Waals surface area contributed by atoms with E-state index in [1.54, 1.807) is 31.2 Å². The molecule has 1 aromatic rings. The fourth-order valence-electron chi connectivity index (χ4n) is 2.40. The summed E-state index contributed by atoms with van der Waals surface area (Å²) in [4.78, 5) is 25.5. The zero-order valence-electron chi connectivity index (χ0n) is 18.6. The molecule has 0 fully saturated rings. The van der Waals surface area contributed by atoms with Gasteiger partial charge in [-0.15, -0.1) is 0 Å². The third-order valence-electron chi connectivity index (χ3n) is 3.66. The van der Waals surface area contributed by atoms with Gasteiger partial charge >= 0.3 is 19.5 Å². The number of nitrogens with zero attached hydrogens (tertiary/aromatic N) is 1. The minimum atomic E-state index is -1.74. The number of carbonyl (C=O) groups excluding carboxylic acids is 2. The number of hydrogen-bond donors (Lipinski definition) is 2. The number of imide groups is 1. The molecule has 1 unspecified atom stereocenters. The van der Waals surface area contributed by atoms with E-state index in [4.69, 9.17) is 0 Å². The number of carbonyl (C=O) groups is 2. The van der Waals surface area contributed by atoms with Crippen molar-refractivity contribution >= 4 is 11.8 Å². The second kappa shape index (κ2) is 21.2. The molecule has 0 spiro atoms. The average molecular weight is 574 g/mol. The molecule has 5 nitrogen and oxygen atoms in total. The average Bonchev–Trinajstić information content (AvgIpc) is 2.64. The molecule has 2 rings (SSSR count). The Labute approximate surface area is 200 Å². The number of aliphatic hydroxyl groups excluding tert-OH is 1. The first-order valence-corrected chi connectivity index (χ1v) is 6.32. The van der Waals surface area contributed by atoms with Crippen molar-refractivity contribution in [1.29, 1.82) is 0 Å². The van der Waals surface area contributed by atoms with Crippen LogP contribution >= 0.6 is 0 Å². The summed E-state index contributed by atoms with van der Waals surface area (Å²) in [5, 5.41) is 19.0. The zero-order chi connectivity index (χ0) is 14.2. The van der Waals surface area contributed by atoms with Crippen LogP contribution in [0.3, 0.4) is 0 Å². The first kappa shape index (κ1) is 50.8. The predicted molar refractivity (Wildman–Crippen MR) is 113 cm³/mol. The van der Waals surface area contributed by atoms with Crippen LogP contribution in [0.5, 0.6) is 0 Å². The standard InChI is InChI=1S/C14H17NO4.7CH3.2Rh/c1-3-8(2)11(14(18)19)15-12(16)9-6-4-5-7-10(9)13(15)17;;;;;;;;;/h4-8,11,14,18-19H,3H2,1-2H3;7*1H3;;/q;7*-1;;+3/t8-,11?;;;;;;;;;/m0........./s1. The monoisotopic (exact) mass is 574 g/mol. The van der Waals surface area contributed by atoms with Gasteiger partial charge in [-0.1, -0.05) is 32.4 Å². The smallest absolute Gasteiger partial charge is 0.366 e. The Morgan fingerprint density at radius 1 is 0.857 bits per heavy atom. The van der Waals surface area contributed by atoms with E-state index in [9.17, 15) is 19.8 Å². The molecule has 0 aromatic heterocycles. The van der Waals surface area contributed by atoms with Crippen molar-refractivity contribution in [3.63, 3.8) is 0 Å². The predicted octanol–water partition coefficient (Wildman–Crippen LogP) is 4.16. The maximum Gasteiger partial charge on any atom is 3.00 e. The fourth-order valence-corrected chi connectivity index (χ4v) is 2.40. The molecule has 0 saturated carbocycles. The van der Waals surface area contributed by atoms with Gasteiger partial charge in [0.1, 0.15) is 0 Å². The van der Waals surface area contributed by atoms with Crippen molar-refractivity contribution in [2.24, 2.45) is 5.92 Å². The molecule has 2 atom stereocenters. The fraction of sp³-hybridized carbons (Fsp3) is 0.286. The van der Waals surface area contributed by atoms with Gasteiger partial charge in [-0.2, -0.15) is 0 Å². The molecule has 2 N–H and O–H groups in total. The summed E-state index contributed by atoms with van der Waals surface area (Å²) in [6, 6.07) is 5.60. The second-order valence-corrected chi connectivity index (χ2v) is 4.82. The minimum absolute atomic E-state index is 0. The van der Waals surface area contributed by atoms with Gasteiger partial charge in [0.05, 0.1) is 17.2 Å². The summed E-state index contributed by atoms with van der Waals surface area (Å²) in [6.07, 6.45) is -1.10. The van der Waals surface area contributed by atoms with Gasteiger partial charge in [-0.05, 0) is 18.1 Å². The Hall–Kier alpha value is -0.473. The SMILES string of the molecule is CC[C@H](C)C(C(O)O)N1C(=O)c2ccccc2C1=O.[CH3-].[CH3-].[CH3-].[CH3-].[CH3-].[CH3-].[CH3-].[Rh+3].[Rh]. The van der Waals surface area contributed by atoms with Crippen molar-refractivity contribution < 1.29 is 58.8 Å². The normalized spacial score (nSPS) is 12.1.